The molecule has 0 saturated carbocycles. The van der Waals surface area contributed by atoms with Crippen molar-refractivity contribution in [3.8, 4) is 0 Å². The molecule has 6 nitrogen and oxygen atoms in total. The highest BCUT2D eigenvalue weighted by Crippen LogP contribution is 2.19. The molecule has 19 heavy (non-hydrogen) atoms. The van der Waals surface area contributed by atoms with E-state index in [-0.39, 0.29) is 5.56 Å². The lowest BCUT2D eigenvalue weighted by molar-refractivity contribution is 0.0697. The van der Waals surface area contributed by atoms with Crippen molar-refractivity contribution in [1.29, 1.82) is 0 Å². The molecule has 1 aromatic carbocycles. The van der Waals surface area contributed by atoms with Crippen LogP contribution in [0.1, 0.15) is 16.8 Å². The molecule has 0 amide bonds. The lowest BCUT2D eigenvalue weighted by atomic mass is 10.1. The molecule has 2 aromatic rings. The number of carbonyl (C=O) groups is 1. The van der Waals surface area contributed by atoms with Gasteiger partial charge in [0.25, 0.3) is 0 Å². The zero-order chi connectivity index (χ0) is 13.4. The summed E-state index contributed by atoms with van der Waals surface area (Å²) >= 11 is 0. The summed E-state index contributed by atoms with van der Waals surface area (Å²) in [7, 11) is 2.11. The number of carboxylic acid groups (broad SMARTS) is 1. The Morgan fingerprint density at radius 3 is 3.05 bits per heavy atom. The number of fused-ring (bicyclic) bond motifs is 1. The first-order valence-electron chi connectivity index (χ1n) is 6.38. The average Bonchev–Trinajstić information content (AvgIpc) is 2.96. The van der Waals surface area contributed by atoms with Crippen LogP contribution in [0.5, 0.6) is 0 Å². The first-order valence-corrected chi connectivity index (χ1v) is 6.38. The van der Waals surface area contributed by atoms with Gasteiger partial charge >= 0.3 is 5.97 Å². The molecule has 1 atom stereocenters. The summed E-state index contributed by atoms with van der Waals surface area (Å²) in [6.07, 6.45) is 1.15. The molecule has 1 unspecified atom stereocenters. The van der Waals surface area contributed by atoms with E-state index < -0.39 is 5.97 Å². The zero-order valence-corrected chi connectivity index (χ0v) is 10.8. The molecular formula is C13H16N4O2. The minimum Gasteiger partial charge on any atom is -0.478 e. The summed E-state index contributed by atoms with van der Waals surface area (Å²) in [4.78, 5) is 13.3. The molecule has 3 rings (SSSR count). The van der Waals surface area contributed by atoms with Crippen LogP contribution in [0.15, 0.2) is 18.2 Å². The van der Waals surface area contributed by atoms with E-state index >= 15 is 0 Å². The summed E-state index contributed by atoms with van der Waals surface area (Å²) in [5, 5.41) is 17.3. The van der Waals surface area contributed by atoms with Gasteiger partial charge in [0.05, 0.1) is 11.1 Å². The van der Waals surface area contributed by atoms with E-state index in [1.165, 1.54) is 0 Å². The highest BCUT2D eigenvalue weighted by Gasteiger charge is 2.21. The highest BCUT2D eigenvalue weighted by molar-refractivity contribution is 5.92. The molecule has 1 aliphatic rings. The molecule has 1 aromatic heterocycles. The molecule has 0 aliphatic carbocycles. The molecule has 0 radical (unpaired) electrons. The summed E-state index contributed by atoms with van der Waals surface area (Å²) in [6, 6.07) is 4.92. The number of benzene rings is 1. The van der Waals surface area contributed by atoms with Gasteiger partial charge in [-0.2, -0.15) is 0 Å². The number of aromatic nitrogens is 3. The van der Waals surface area contributed by atoms with Crippen LogP contribution >= 0.6 is 0 Å². The number of hydrogen-bond donors (Lipinski definition) is 1. The minimum atomic E-state index is -0.921. The zero-order valence-electron chi connectivity index (χ0n) is 10.8. The van der Waals surface area contributed by atoms with Crippen LogP contribution in [0.25, 0.3) is 11.0 Å². The van der Waals surface area contributed by atoms with Crippen molar-refractivity contribution in [1.82, 2.24) is 19.9 Å². The number of rotatable bonds is 3. The second-order valence-electron chi connectivity index (χ2n) is 5.20. The van der Waals surface area contributed by atoms with E-state index in [1.54, 1.807) is 18.2 Å². The summed E-state index contributed by atoms with van der Waals surface area (Å²) in [5.41, 5.74) is 1.82. The van der Waals surface area contributed by atoms with Crippen LogP contribution in [-0.2, 0) is 6.54 Å². The van der Waals surface area contributed by atoms with E-state index in [0.717, 1.165) is 37.1 Å². The molecule has 6 heteroatoms. The standard InChI is InChI=1S/C13H16N4O2/c1-16-5-4-9(7-16)8-17-12-6-10(13(18)19)2-3-11(12)14-15-17/h2-3,6,9H,4-5,7-8H2,1H3,(H,18,19). The van der Waals surface area contributed by atoms with Crippen molar-refractivity contribution in [2.24, 2.45) is 5.92 Å². The maximum atomic E-state index is 11.0. The Kier molecular flexibility index (Phi) is 2.94. The molecule has 100 valence electrons. The number of aromatic carboxylic acids is 1. The van der Waals surface area contributed by atoms with Gasteiger partial charge in [0.1, 0.15) is 5.52 Å². The molecule has 0 bridgehead atoms. The minimum absolute atomic E-state index is 0.277. The van der Waals surface area contributed by atoms with E-state index in [2.05, 4.69) is 22.3 Å². The first kappa shape index (κ1) is 12.1. The predicted molar refractivity (Wildman–Crippen MR) is 70.1 cm³/mol. The second kappa shape index (κ2) is 4.62. The van der Waals surface area contributed by atoms with Crippen molar-refractivity contribution in [3.05, 3.63) is 23.8 Å². The number of nitrogens with zero attached hydrogens (tertiary/aromatic N) is 4. The second-order valence-corrected chi connectivity index (χ2v) is 5.20. The normalized spacial score (nSPS) is 20.2. The smallest absolute Gasteiger partial charge is 0.335 e. The third-order valence-corrected chi connectivity index (χ3v) is 3.68. The Bertz CT molecular complexity index is 622. The Labute approximate surface area is 110 Å². The maximum Gasteiger partial charge on any atom is 0.335 e. The molecule has 1 N–H and O–H groups in total. The van der Waals surface area contributed by atoms with Gasteiger partial charge < -0.3 is 10.0 Å². The molecule has 1 fully saturated rings. The Morgan fingerprint density at radius 2 is 2.37 bits per heavy atom. The lowest BCUT2D eigenvalue weighted by Crippen LogP contribution is -2.17. The summed E-state index contributed by atoms with van der Waals surface area (Å²) in [5.74, 6) is -0.362. The van der Waals surface area contributed by atoms with Crippen LogP contribution in [0.4, 0.5) is 0 Å². The van der Waals surface area contributed by atoms with Crippen molar-refractivity contribution in [2.45, 2.75) is 13.0 Å². The lowest BCUT2D eigenvalue weighted by Gasteiger charge is -2.10. The van der Waals surface area contributed by atoms with Gasteiger partial charge in [-0.3, -0.25) is 0 Å². The van der Waals surface area contributed by atoms with Crippen LogP contribution in [-0.4, -0.2) is 51.1 Å². The number of hydrogen-bond acceptors (Lipinski definition) is 4. The van der Waals surface area contributed by atoms with Gasteiger partial charge in [-0.25, -0.2) is 9.48 Å². The van der Waals surface area contributed by atoms with Crippen LogP contribution in [0.3, 0.4) is 0 Å². The predicted octanol–water partition coefficient (Wildman–Crippen LogP) is 1.08. The monoisotopic (exact) mass is 260 g/mol. The Hall–Kier alpha value is -1.95. The highest BCUT2D eigenvalue weighted by atomic mass is 16.4. The Balaban J connectivity index is 1.90. The quantitative estimate of drug-likeness (QED) is 0.894. The first-order chi connectivity index (χ1) is 9.13. The molecule has 1 saturated heterocycles. The maximum absolute atomic E-state index is 11.0. The van der Waals surface area contributed by atoms with Crippen molar-refractivity contribution in [3.63, 3.8) is 0 Å². The van der Waals surface area contributed by atoms with Gasteiger partial charge in [0, 0.05) is 13.1 Å². The van der Waals surface area contributed by atoms with Crippen LogP contribution in [0.2, 0.25) is 0 Å². The Morgan fingerprint density at radius 1 is 1.53 bits per heavy atom. The van der Waals surface area contributed by atoms with Crippen LogP contribution in [0, 0.1) is 5.92 Å². The fourth-order valence-corrected chi connectivity index (χ4v) is 2.65. The van der Waals surface area contributed by atoms with Gasteiger partial charge in [-0.15, -0.1) is 5.10 Å². The number of likely N-dealkylation sites (tertiary alicyclic amines) is 1. The molecule has 0 spiro atoms. The van der Waals surface area contributed by atoms with Gasteiger partial charge in [0.15, 0.2) is 0 Å². The average molecular weight is 260 g/mol. The van der Waals surface area contributed by atoms with Gasteiger partial charge in [-0.05, 0) is 44.1 Å². The molecular weight excluding hydrogens is 244 g/mol. The summed E-state index contributed by atoms with van der Waals surface area (Å²) in [6.45, 7) is 2.96. The largest absolute Gasteiger partial charge is 0.478 e. The van der Waals surface area contributed by atoms with Crippen molar-refractivity contribution >= 4 is 17.0 Å². The van der Waals surface area contributed by atoms with Crippen molar-refractivity contribution < 1.29 is 9.90 Å². The fraction of sp³-hybridized carbons (Fsp3) is 0.462. The van der Waals surface area contributed by atoms with Crippen LogP contribution < -0.4 is 0 Å². The summed E-state index contributed by atoms with van der Waals surface area (Å²) < 4.78 is 1.82. The number of carboxylic acids is 1. The topological polar surface area (TPSA) is 71.2 Å². The fourth-order valence-electron chi connectivity index (χ4n) is 2.65. The van der Waals surface area contributed by atoms with E-state index in [4.69, 9.17) is 5.11 Å². The third-order valence-electron chi connectivity index (χ3n) is 3.68. The SMILES string of the molecule is CN1CCC(Cn2nnc3ccc(C(=O)O)cc32)C1. The molecule has 2 heterocycles. The third kappa shape index (κ3) is 2.31. The van der Waals surface area contributed by atoms with E-state index in [1.807, 2.05) is 4.68 Å². The van der Waals surface area contributed by atoms with E-state index in [9.17, 15) is 4.79 Å². The van der Waals surface area contributed by atoms with Gasteiger partial charge in [0.2, 0.25) is 0 Å². The van der Waals surface area contributed by atoms with Gasteiger partial charge in [-0.1, -0.05) is 5.21 Å². The van der Waals surface area contributed by atoms with Crippen molar-refractivity contribution in [2.75, 3.05) is 20.1 Å². The molecule has 1 aliphatic heterocycles. The van der Waals surface area contributed by atoms with E-state index in [0.29, 0.717) is 5.92 Å².